The van der Waals surface area contributed by atoms with Crippen molar-refractivity contribution in [1.29, 1.82) is 0 Å². The molecule has 3 aliphatic heterocycles. The molecule has 2 N–H and O–H groups in total. The van der Waals surface area contributed by atoms with Gasteiger partial charge in [0.15, 0.2) is 0 Å². The van der Waals surface area contributed by atoms with Gasteiger partial charge in [-0.05, 0) is 70.3 Å². The Balaban J connectivity index is 1.87. The van der Waals surface area contributed by atoms with Crippen LogP contribution in [0.1, 0.15) is 39.2 Å². The van der Waals surface area contributed by atoms with Gasteiger partial charge in [0.25, 0.3) is 0 Å². The number of nitrogens with two attached hydrogens (primary N) is 1. The van der Waals surface area contributed by atoms with Crippen molar-refractivity contribution in [2.75, 3.05) is 25.4 Å². The molecule has 6 heteroatoms. The molecule has 5 rings (SSSR count). The fourth-order valence-corrected chi connectivity index (χ4v) is 4.59. The number of hydrogen-bond donors (Lipinski definition) is 1. The van der Waals surface area contributed by atoms with E-state index in [2.05, 4.69) is 4.90 Å². The van der Waals surface area contributed by atoms with Crippen LogP contribution in [0.3, 0.4) is 0 Å². The lowest BCUT2D eigenvalue weighted by Crippen LogP contribution is -2.50. The van der Waals surface area contributed by atoms with Crippen LogP contribution < -0.4 is 11.4 Å². The second kappa shape index (κ2) is 5.53. The number of benzene rings is 1. The van der Waals surface area contributed by atoms with Gasteiger partial charge in [0, 0.05) is 12.6 Å². The molecule has 0 amide bonds. The molecule has 0 atom stereocenters. The molecule has 5 nitrogen and oxygen atoms in total. The van der Waals surface area contributed by atoms with E-state index in [0.29, 0.717) is 10.7 Å². The van der Waals surface area contributed by atoms with Crippen LogP contribution in [-0.2, 0) is 6.54 Å². The van der Waals surface area contributed by atoms with Gasteiger partial charge in [-0.2, -0.15) is 0 Å². The molecule has 130 valence electrons. The number of nitrogens with zero attached hydrogens (tertiary/aromatic N) is 3. The summed E-state index contributed by atoms with van der Waals surface area (Å²) < 4.78 is 3.79. The van der Waals surface area contributed by atoms with E-state index < -0.39 is 0 Å². The quantitative estimate of drug-likeness (QED) is 0.867. The highest BCUT2D eigenvalue weighted by Crippen LogP contribution is 2.42. The van der Waals surface area contributed by atoms with Gasteiger partial charge in [0.2, 0.25) is 0 Å². The average Bonchev–Trinajstić information content (AvgIpc) is 2.81. The molecule has 4 heterocycles. The minimum Gasteiger partial charge on any atom is -0.397 e. The average molecular weight is 349 g/mol. The van der Waals surface area contributed by atoms with Gasteiger partial charge >= 0.3 is 5.69 Å². The van der Waals surface area contributed by atoms with E-state index in [1.807, 2.05) is 35.1 Å². The lowest BCUT2D eigenvalue weighted by molar-refractivity contribution is 0.0134. The number of imidazole rings is 1. The summed E-state index contributed by atoms with van der Waals surface area (Å²) in [6.45, 7) is 8.33. The maximum atomic E-state index is 13.1. The number of fused-ring (bicyclic) bond motifs is 4. The normalized spacial score (nSPS) is 26.6. The number of aromatic nitrogens is 2. The zero-order chi connectivity index (χ0) is 17.1. The van der Waals surface area contributed by atoms with Crippen molar-refractivity contribution in [2.45, 2.75) is 45.7 Å². The summed E-state index contributed by atoms with van der Waals surface area (Å²) in [5.41, 5.74) is 8.64. The maximum Gasteiger partial charge on any atom is 0.329 e. The van der Waals surface area contributed by atoms with Crippen LogP contribution in [0.2, 0.25) is 5.02 Å². The summed E-state index contributed by atoms with van der Waals surface area (Å²) in [5.74, 6) is 0. The Bertz CT molecular complexity index is 829. The van der Waals surface area contributed by atoms with Crippen LogP contribution >= 0.6 is 11.6 Å². The molecule has 24 heavy (non-hydrogen) atoms. The van der Waals surface area contributed by atoms with Crippen molar-refractivity contribution < 1.29 is 0 Å². The molecule has 0 spiro atoms. The van der Waals surface area contributed by atoms with Crippen molar-refractivity contribution in [3.8, 4) is 0 Å². The molecule has 2 bridgehead atoms. The van der Waals surface area contributed by atoms with E-state index in [9.17, 15) is 4.79 Å². The minimum atomic E-state index is 0.0593. The predicted octanol–water partition coefficient (Wildman–Crippen LogP) is 3.11. The smallest absolute Gasteiger partial charge is 0.329 e. The Morgan fingerprint density at radius 3 is 2.38 bits per heavy atom. The minimum absolute atomic E-state index is 0.0593. The van der Waals surface area contributed by atoms with E-state index >= 15 is 0 Å². The number of halogens is 1. The summed E-state index contributed by atoms with van der Waals surface area (Å²) in [5, 5.41) is 0.521. The molecule has 0 aliphatic carbocycles. The van der Waals surface area contributed by atoms with Gasteiger partial charge in [-0.15, -0.1) is 0 Å². The SMILES string of the molecule is CC(C)n1c(=O)n(CC23CCN(CC2)CC3)c2cc(Cl)c(N)cc21. The number of rotatable bonds is 3. The fourth-order valence-electron chi connectivity index (χ4n) is 4.43. The first-order valence-corrected chi connectivity index (χ1v) is 9.20. The lowest BCUT2D eigenvalue weighted by atomic mass is 9.72. The van der Waals surface area contributed by atoms with Gasteiger partial charge in [-0.1, -0.05) is 11.6 Å². The highest BCUT2D eigenvalue weighted by Gasteiger charge is 2.40. The summed E-state index contributed by atoms with van der Waals surface area (Å²) in [6.07, 6.45) is 3.53. The largest absolute Gasteiger partial charge is 0.397 e. The Hall–Kier alpha value is -1.46. The molecule has 3 fully saturated rings. The number of piperidine rings is 3. The molecule has 0 radical (unpaired) electrons. The lowest BCUT2D eigenvalue weighted by Gasteiger charge is -2.48. The van der Waals surface area contributed by atoms with E-state index in [1.165, 1.54) is 19.3 Å². The summed E-state index contributed by atoms with van der Waals surface area (Å²) in [4.78, 5) is 15.7. The molecule has 0 saturated carbocycles. The molecule has 0 unspecified atom stereocenters. The Morgan fingerprint density at radius 1 is 1.17 bits per heavy atom. The first kappa shape index (κ1) is 16.0. The van der Waals surface area contributed by atoms with Crippen molar-refractivity contribution in [3.05, 3.63) is 27.6 Å². The molecule has 3 aliphatic rings. The van der Waals surface area contributed by atoms with Crippen molar-refractivity contribution >= 4 is 28.3 Å². The second-order valence-corrected chi connectivity index (χ2v) is 8.19. The summed E-state index contributed by atoms with van der Waals surface area (Å²) >= 11 is 6.26. The van der Waals surface area contributed by atoms with Crippen LogP contribution in [0, 0.1) is 5.41 Å². The standard InChI is InChI=1S/C18H25ClN4O/c1-12(2)23-16-10-14(20)13(19)9-15(16)22(17(23)24)11-18-3-6-21(7-4-18)8-5-18/h9-10,12H,3-8,11,20H2,1-2H3. The number of hydrogen-bond acceptors (Lipinski definition) is 3. The topological polar surface area (TPSA) is 56.2 Å². The van der Waals surface area contributed by atoms with Gasteiger partial charge < -0.3 is 10.6 Å². The summed E-state index contributed by atoms with van der Waals surface area (Å²) in [6, 6.07) is 3.80. The Kier molecular flexibility index (Phi) is 3.69. The molecule has 3 saturated heterocycles. The van der Waals surface area contributed by atoms with Crippen LogP contribution in [0.15, 0.2) is 16.9 Å². The van der Waals surface area contributed by atoms with Crippen LogP contribution in [0.5, 0.6) is 0 Å². The highest BCUT2D eigenvalue weighted by molar-refractivity contribution is 6.33. The third-order valence-corrected chi connectivity index (χ3v) is 6.29. The fraction of sp³-hybridized carbons (Fsp3) is 0.611. The zero-order valence-electron chi connectivity index (χ0n) is 14.4. The molecule has 1 aromatic heterocycles. The number of anilines is 1. The van der Waals surface area contributed by atoms with E-state index in [1.54, 1.807) is 0 Å². The van der Waals surface area contributed by atoms with E-state index in [-0.39, 0.29) is 17.1 Å². The molecule has 1 aromatic carbocycles. The van der Waals surface area contributed by atoms with Crippen LogP contribution in [0.4, 0.5) is 5.69 Å². The number of nitrogen functional groups attached to an aromatic ring is 1. The monoisotopic (exact) mass is 348 g/mol. The van der Waals surface area contributed by atoms with E-state index in [0.717, 1.165) is 37.2 Å². The van der Waals surface area contributed by atoms with Crippen LogP contribution in [-0.4, -0.2) is 33.7 Å². The van der Waals surface area contributed by atoms with Gasteiger partial charge in [-0.3, -0.25) is 9.13 Å². The maximum absolute atomic E-state index is 13.1. The first-order chi connectivity index (χ1) is 11.4. The van der Waals surface area contributed by atoms with E-state index in [4.69, 9.17) is 17.3 Å². The highest BCUT2D eigenvalue weighted by atomic mass is 35.5. The molecule has 2 aromatic rings. The Morgan fingerprint density at radius 2 is 1.79 bits per heavy atom. The predicted molar refractivity (Wildman–Crippen MR) is 98.7 cm³/mol. The van der Waals surface area contributed by atoms with Gasteiger partial charge in [0.05, 0.1) is 21.7 Å². The summed E-state index contributed by atoms with van der Waals surface area (Å²) in [7, 11) is 0. The van der Waals surface area contributed by atoms with Crippen molar-refractivity contribution in [3.63, 3.8) is 0 Å². The Labute approximate surface area is 147 Å². The first-order valence-electron chi connectivity index (χ1n) is 8.82. The zero-order valence-corrected chi connectivity index (χ0v) is 15.1. The van der Waals surface area contributed by atoms with Crippen LogP contribution in [0.25, 0.3) is 11.0 Å². The van der Waals surface area contributed by atoms with Gasteiger partial charge in [0.1, 0.15) is 0 Å². The molecular weight excluding hydrogens is 324 g/mol. The second-order valence-electron chi connectivity index (χ2n) is 7.79. The third-order valence-electron chi connectivity index (χ3n) is 5.97. The third kappa shape index (κ3) is 2.37. The van der Waals surface area contributed by atoms with Gasteiger partial charge in [-0.25, -0.2) is 4.79 Å². The van der Waals surface area contributed by atoms with Crippen molar-refractivity contribution in [2.24, 2.45) is 5.41 Å². The van der Waals surface area contributed by atoms with Crippen molar-refractivity contribution in [1.82, 2.24) is 14.0 Å². The molecular formula is C18H25ClN4O.